The normalized spacial score (nSPS) is 19.2. The molecule has 332 valence electrons. The van der Waals surface area contributed by atoms with E-state index >= 15 is 0 Å². The van der Waals surface area contributed by atoms with E-state index in [0.29, 0.717) is 62.0 Å². The first-order chi connectivity index (χ1) is 32.2. The summed E-state index contributed by atoms with van der Waals surface area (Å²) in [5, 5.41) is 16.2. The van der Waals surface area contributed by atoms with Crippen LogP contribution in [0.3, 0.4) is 0 Å². The maximum Gasteiger partial charge on any atom is 0.322 e. The van der Waals surface area contributed by atoms with Crippen LogP contribution < -0.4 is 15.5 Å². The van der Waals surface area contributed by atoms with Gasteiger partial charge in [0.1, 0.15) is 17.3 Å². The molecule has 0 radical (unpaired) electrons. The third-order valence-electron chi connectivity index (χ3n) is 14.3. The van der Waals surface area contributed by atoms with Gasteiger partial charge in [-0.15, -0.1) is 0 Å². The molecular formula is C51H47N9O6. The molecule has 7 aromatic rings. The maximum absolute atomic E-state index is 13.6. The SMILES string of the molecule is O=C1CCC(N2C(=O)c3cccc4c(C5CCN(CCCC(=O)N6CC(c7nc8ccc(-c9n[nH]c%10cc%11c(cc9%10)CN(Cc9ccccc9)C(=O)N%11)cc8o7)C6)CC5)ccc2c34)C(=O)N1. The standard InChI is InChI=1S/C51H47N9O6/c61-44-16-15-42(48(63)54-44)60-41-14-12-34(35-8-4-9-36(46(35)41)50(60)64)30-17-20-57(21-18-30)19-5-10-45(62)58-27-33(28-58)49-52-38-13-11-31(23-43(38)66-49)47-37-22-32-26-59(25-29-6-2-1-3-7-29)51(65)53-39(32)24-40(37)55-56-47/h1-4,6-9,11-14,22-24,30,33,42H,5,10,15-21,25-28H2,(H,53,65)(H,55,56)(H,54,61,63). The summed E-state index contributed by atoms with van der Waals surface area (Å²) >= 11 is 0. The Bertz CT molecular complexity index is 3150. The minimum atomic E-state index is -0.700. The van der Waals surface area contributed by atoms with Gasteiger partial charge in [-0.1, -0.05) is 54.6 Å². The molecule has 12 rings (SSSR count). The Labute approximate surface area is 379 Å². The van der Waals surface area contributed by atoms with Crippen LogP contribution in [0.1, 0.15) is 83.3 Å². The lowest BCUT2D eigenvalue weighted by molar-refractivity contribution is -0.136. The van der Waals surface area contributed by atoms with Crippen molar-refractivity contribution in [1.29, 1.82) is 0 Å². The molecule has 5 aliphatic rings. The third-order valence-corrected chi connectivity index (χ3v) is 14.3. The van der Waals surface area contributed by atoms with Crippen molar-refractivity contribution in [2.45, 2.75) is 69.5 Å². The van der Waals surface area contributed by atoms with Gasteiger partial charge in [0.25, 0.3) is 5.91 Å². The number of H-pyrrole nitrogens is 1. The van der Waals surface area contributed by atoms with Crippen molar-refractivity contribution in [2.75, 3.05) is 42.9 Å². The van der Waals surface area contributed by atoms with E-state index in [1.807, 2.05) is 77.7 Å². The zero-order chi connectivity index (χ0) is 44.6. The van der Waals surface area contributed by atoms with Gasteiger partial charge in [-0.25, -0.2) is 9.78 Å². The van der Waals surface area contributed by atoms with E-state index in [1.165, 1.54) is 5.56 Å². The van der Waals surface area contributed by atoms with Crippen LogP contribution in [0.4, 0.5) is 16.2 Å². The summed E-state index contributed by atoms with van der Waals surface area (Å²) in [7, 11) is 0. The first kappa shape index (κ1) is 40.1. The van der Waals surface area contributed by atoms with Crippen LogP contribution >= 0.6 is 0 Å². The van der Waals surface area contributed by atoms with E-state index in [9.17, 15) is 24.0 Å². The average molecular weight is 882 g/mol. The first-order valence-electron chi connectivity index (χ1n) is 23.0. The number of aromatic amines is 1. The fraction of sp³-hybridized carbons (Fsp3) is 0.314. The van der Waals surface area contributed by atoms with Crippen LogP contribution in [0, 0.1) is 0 Å². The summed E-state index contributed by atoms with van der Waals surface area (Å²) < 4.78 is 6.32. The van der Waals surface area contributed by atoms with Gasteiger partial charge in [0.05, 0.1) is 17.1 Å². The highest BCUT2D eigenvalue weighted by Crippen LogP contribution is 2.44. The lowest BCUT2D eigenvalue weighted by atomic mass is 9.85. The minimum Gasteiger partial charge on any atom is -0.440 e. The molecule has 5 aromatic carbocycles. The largest absolute Gasteiger partial charge is 0.440 e. The molecule has 3 fully saturated rings. The lowest BCUT2D eigenvalue weighted by Gasteiger charge is -2.38. The number of nitrogens with zero attached hydrogens (tertiary/aromatic N) is 6. The summed E-state index contributed by atoms with van der Waals surface area (Å²) in [6.45, 7) is 4.90. The van der Waals surface area contributed by atoms with E-state index < -0.39 is 11.9 Å². The number of urea groups is 1. The number of hydrogen-bond donors (Lipinski definition) is 3. The maximum atomic E-state index is 13.6. The summed E-state index contributed by atoms with van der Waals surface area (Å²) in [6.07, 6.45) is 3.77. The fourth-order valence-corrected chi connectivity index (χ4v) is 10.8. The van der Waals surface area contributed by atoms with Crippen molar-refractivity contribution < 1.29 is 28.4 Å². The fourth-order valence-electron chi connectivity index (χ4n) is 10.8. The zero-order valence-electron chi connectivity index (χ0n) is 36.2. The van der Waals surface area contributed by atoms with E-state index in [0.717, 1.165) is 99.8 Å². The lowest BCUT2D eigenvalue weighted by Crippen LogP contribution is -2.53. The molecule has 15 heteroatoms. The smallest absolute Gasteiger partial charge is 0.322 e. The van der Waals surface area contributed by atoms with Crippen LogP contribution in [0.2, 0.25) is 0 Å². The predicted molar refractivity (Wildman–Crippen MR) is 248 cm³/mol. The van der Waals surface area contributed by atoms with Gasteiger partial charge >= 0.3 is 6.03 Å². The predicted octanol–water partition coefficient (Wildman–Crippen LogP) is 7.42. The summed E-state index contributed by atoms with van der Waals surface area (Å²) in [6, 6.07) is 29.1. The van der Waals surface area contributed by atoms with Crippen molar-refractivity contribution in [3.8, 4) is 11.3 Å². The van der Waals surface area contributed by atoms with Crippen molar-refractivity contribution >= 4 is 73.8 Å². The number of rotatable bonds is 10. The number of nitrogens with one attached hydrogen (secondary N) is 3. The number of carbonyl (C=O) groups is 5. The van der Waals surface area contributed by atoms with Crippen LogP contribution in [0.25, 0.3) is 44.0 Å². The Kier molecular flexibility index (Phi) is 9.70. The summed E-state index contributed by atoms with van der Waals surface area (Å²) in [4.78, 5) is 77.0. The van der Waals surface area contributed by atoms with Crippen molar-refractivity contribution in [3.63, 3.8) is 0 Å². The first-order valence-corrected chi connectivity index (χ1v) is 23.0. The van der Waals surface area contributed by atoms with E-state index in [2.05, 4.69) is 43.9 Å². The number of hydrogen-bond acceptors (Lipinski definition) is 9. The number of anilines is 2. The number of aromatic nitrogens is 3. The van der Waals surface area contributed by atoms with Gasteiger partial charge in [-0.3, -0.25) is 34.5 Å². The highest BCUT2D eigenvalue weighted by atomic mass is 16.3. The molecule has 66 heavy (non-hydrogen) atoms. The Morgan fingerprint density at radius 3 is 2.52 bits per heavy atom. The monoisotopic (exact) mass is 881 g/mol. The van der Waals surface area contributed by atoms with Crippen molar-refractivity contribution in [1.82, 2.24) is 35.2 Å². The van der Waals surface area contributed by atoms with Crippen molar-refractivity contribution in [2.24, 2.45) is 0 Å². The summed E-state index contributed by atoms with van der Waals surface area (Å²) in [5.41, 5.74) is 9.40. The molecule has 0 saturated carbocycles. The van der Waals surface area contributed by atoms with E-state index in [1.54, 1.807) is 9.80 Å². The molecule has 0 bridgehead atoms. The van der Waals surface area contributed by atoms with E-state index in [4.69, 9.17) is 9.40 Å². The molecule has 2 aromatic heterocycles. The number of fused-ring (bicyclic) bond motifs is 3. The highest BCUT2D eigenvalue weighted by Gasteiger charge is 2.41. The molecular weight excluding hydrogens is 835 g/mol. The molecule has 6 amide bonds. The molecule has 5 aliphatic heterocycles. The van der Waals surface area contributed by atoms with Gasteiger partial charge in [0.2, 0.25) is 23.6 Å². The van der Waals surface area contributed by atoms with Crippen LogP contribution in [0.5, 0.6) is 0 Å². The number of benzene rings is 5. The molecule has 15 nitrogen and oxygen atoms in total. The van der Waals surface area contributed by atoms with Crippen LogP contribution in [0.15, 0.2) is 95.4 Å². The molecule has 7 heterocycles. The van der Waals surface area contributed by atoms with Gasteiger partial charge in [-0.05, 0) is 110 Å². The second kappa shape index (κ2) is 15.9. The number of carbonyl (C=O) groups excluding carboxylic acids is 5. The summed E-state index contributed by atoms with van der Waals surface area (Å²) in [5.74, 6) is 0.265. The van der Waals surface area contributed by atoms with Gasteiger partial charge in [0.15, 0.2) is 5.58 Å². The molecule has 0 aliphatic carbocycles. The van der Waals surface area contributed by atoms with Crippen molar-refractivity contribution in [3.05, 3.63) is 119 Å². The zero-order valence-corrected chi connectivity index (χ0v) is 36.2. The Morgan fingerprint density at radius 2 is 1.68 bits per heavy atom. The van der Waals surface area contributed by atoms with Crippen LogP contribution in [-0.2, 0) is 27.5 Å². The second-order valence-corrected chi connectivity index (χ2v) is 18.4. The van der Waals surface area contributed by atoms with Crippen LogP contribution in [-0.4, -0.2) is 98.3 Å². The quantitative estimate of drug-likeness (QED) is 0.118. The minimum absolute atomic E-state index is 0.0418. The number of likely N-dealkylation sites (tertiary alicyclic amines) is 2. The van der Waals surface area contributed by atoms with E-state index in [-0.39, 0.29) is 36.1 Å². The molecule has 1 atom stereocenters. The average Bonchev–Trinajstić information content (AvgIpc) is 4.00. The number of oxazole rings is 1. The van der Waals surface area contributed by atoms with Gasteiger partial charge < -0.3 is 24.4 Å². The topological polar surface area (TPSA) is 177 Å². The Balaban J connectivity index is 0.638. The Hall–Kier alpha value is -7.39. The van der Waals surface area contributed by atoms with Gasteiger partial charge in [-0.2, -0.15) is 5.10 Å². The molecule has 3 N–H and O–H groups in total. The second-order valence-electron chi connectivity index (χ2n) is 18.4. The Morgan fingerprint density at radius 1 is 0.833 bits per heavy atom. The number of imide groups is 1. The number of amides is 6. The highest BCUT2D eigenvalue weighted by molar-refractivity contribution is 6.27. The molecule has 3 saturated heterocycles. The molecule has 1 unspecified atom stereocenters. The third kappa shape index (κ3) is 6.96. The number of piperidine rings is 2. The van der Waals surface area contributed by atoms with Gasteiger partial charge in [0, 0.05) is 66.6 Å². The molecule has 0 spiro atoms.